The first-order valence-corrected chi connectivity index (χ1v) is 10.1. The van der Waals surface area contributed by atoms with Crippen LogP contribution >= 0.6 is 39.9 Å². The zero-order valence-electron chi connectivity index (χ0n) is 15.8. The van der Waals surface area contributed by atoms with Crippen LogP contribution in [-0.4, -0.2) is 45.5 Å². The molecule has 1 aliphatic rings. The lowest BCUT2D eigenvalue weighted by molar-refractivity contribution is 0.0203. The predicted molar refractivity (Wildman–Crippen MR) is 121 cm³/mol. The van der Waals surface area contributed by atoms with Gasteiger partial charge < -0.3 is 20.1 Å². The van der Waals surface area contributed by atoms with Gasteiger partial charge in [0.05, 0.1) is 6.54 Å². The van der Waals surface area contributed by atoms with Crippen LogP contribution in [0.25, 0.3) is 0 Å². The van der Waals surface area contributed by atoms with Gasteiger partial charge in [0.1, 0.15) is 5.82 Å². The number of rotatable bonds is 9. The van der Waals surface area contributed by atoms with E-state index in [4.69, 9.17) is 9.47 Å². The number of halogens is 3. The van der Waals surface area contributed by atoms with Crippen molar-refractivity contribution in [3.8, 4) is 0 Å². The summed E-state index contributed by atoms with van der Waals surface area (Å²) in [7, 11) is 0. The van der Waals surface area contributed by atoms with Gasteiger partial charge in [-0.3, -0.25) is 0 Å². The predicted octanol–water partition coefficient (Wildman–Crippen LogP) is 4.09. The van der Waals surface area contributed by atoms with Crippen molar-refractivity contribution < 1.29 is 13.9 Å². The molecule has 0 spiro atoms. The fourth-order valence-electron chi connectivity index (χ4n) is 2.76. The van der Waals surface area contributed by atoms with Gasteiger partial charge in [0.2, 0.25) is 0 Å². The van der Waals surface area contributed by atoms with Gasteiger partial charge in [-0.05, 0) is 55.9 Å². The molecule has 1 aromatic rings. The summed E-state index contributed by atoms with van der Waals surface area (Å²) in [4.78, 5) is 4.51. The van der Waals surface area contributed by atoms with Crippen LogP contribution in [0.1, 0.15) is 31.7 Å². The van der Waals surface area contributed by atoms with Gasteiger partial charge in [0.25, 0.3) is 0 Å². The van der Waals surface area contributed by atoms with Crippen LogP contribution in [-0.2, 0) is 16.0 Å². The van der Waals surface area contributed by atoms with Crippen molar-refractivity contribution in [3.63, 3.8) is 0 Å². The Morgan fingerprint density at radius 3 is 2.78 bits per heavy atom. The van der Waals surface area contributed by atoms with E-state index in [1.54, 1.807) is 0 Å². The van der Waals surface area contributed by atoms with E-state index >= 15 is 0 Å². The van der Waals surface area contributed by atoms with Crippen molar-refractivity contribution in [2.75, 3.05) is 39.5 Å². The summed E-state index contributed by atoms with van der Waals surface area (Å²) in [6.45, 7) is 7.29. The first-order valence-electron chi connectivity index (χ1n) is 9.30. The largest absolute Gasteiger partial charge is 0.381 e. The van der Waals surface area contributed by atoms with Crippen LogP contribution in [0.15, 0.2) is 27.7 Å². The Labute approximate surface area is 187 Å². The van der Waals surface area contributed by atoms with Gasteiger partial charge in [-0.1, -0.05) is 15.9 Å². The Kier molecular flexibility index (Phi) is 13.2. The highest BCUT2D eigenvalue weighted by atomic mass is 127. The molecule has 0 aliphatic carbocycles. The van der Waals surface area contributed by atoms with Crippen molar-refractivity contribution in [2.45, 2.75) is 32.7 Å². The quantitative estimate of drug-likeness (QED) is 0.208. The Bertz CT molecular complexity index is 552. The van der Waals surface area contributed by atoms with Crippen molar-refractivity contribution in [2.24, 2.45) is 10.9 Å². The van der Waals surface area contributed by atoms with Gasteiger partial charge in [-0.2, -0.15) is 0 Å². The maximum Gasteiger partial charge on any atom is 0.191 e. The molecule has 2 rings (SSSR count). The third-order valence-corrected chi connectivity index (χ3v) is 4.60. The highest BCUT2D eigenvalue weighted by molar-refractivity contribution is 14.0. The molecule has 1 fully saturated rings. The summed E-state index contributed by atoms with van der Waals surface area (Å²) in [6, 6.07) is 4.82. The van der Waals surface area contributed by atoms with E-state index < -0.39 is 0 Å². The molecule has 0 amide bonds. The maximum absolute atomic E-state index is 13.4. The second-order valence-electron chi connectivity index (χ2n) is 6.38. The van der Waals surface area contributed by atoms with Crippen LogP contribution in [0.2, 0.25) is 0 Å². The molecule has 8 heteroatoms. The molecule has 0 aromatic heterocycles. The third-order valence-electron chi connectivity index (χ3n) is 4.14. The average Bonchev–Trinajstić information content (AvgIpc) is 2.62. The van der Waals surface area contributed by atoms with Crippen LogP contribution < -0.4 is 10.6 Å². The van der Waals surface area contributed by atoms with Gasteiger partial charge >= 0.3 is 0 Å². The standard InChI is InChI=1S/C19H29BrFN3O2.HI/c1-2-22-19(24-13-16-10-17(20)12-18(21)11-16)23-6-3-7-26-14-15-4-8-25-9-5-15;/h10-12,15H,2-9,13-14H2,1H3,(H2,22,23,24);1H. The molecule has 0 bridgehead atoms. The summed E-state index contributed by atoms with van der Waals surface area (Å²) in [5.41, 5.74) is 0.828. The monoisotopic (exact) mass is 557 g/mol. The molecule has 5 nitrogen and oxygen atoms in total. The SMILES string of the molecule is CCNC(=NCc1cc(F)cc(Br)c1)NCCCOCC1CCOCC1.I. The number of guanidine groups is 1. The second-order valence-corrected chi connectivity index (χ2v) is 7.30. The molecular weight excluding hydrogens is 528 g/mol. The fourth-order valence-corrected chi connectivity index (χ4v) is 3.27. The first-order chi connectivity index (χ1) is 12.7. The normalized spacial score (nSPS) is 15.3. The van der Waals surface area contributed by atoms with Gasteiger partial charge in [-0.15, -0.1) is 24.0 Å². The summed E-state index contributed by atoms with van der Waals surface area (Å²) < 4.78 is 25.3. The minimum atomic E-state index is -0.260. The molecule has 2 N–H and O–H groups in total. The van der Waals surface area contributed by atoms with Crippen LogP contribution in [0.5, 0.6) is 0 Å². The summed E-state index contributed by atoms with van der Waals surface area (Å²) in [6.07, 6.45) is 3.12. The molecule has 0 saturated carbocycles. The minimum absolute atomic E-state index is 0. The van der Waals surface area contributed by atoms with Gasteiger partial charge in [0.15, 0.2) is 5.96 Å². The molecular formula is C19H30BrFIN3O2. The van der Waals surface area contributed by atoms with Crippen molar-refractivity contribution >= 4 is 45.9 Å². The van der Waals surface area contributed by atoms with Gasteiger partial charge in [0, 0.05) is 44.0 Å². The Hall–Kier alpha value is -0.450. The van der Waals surface area contributed by atoms with E-state index in [-0.39, 0.29) is 29.8 Å². The molecule has 1 heterocycles. The smallest absolute Gasteiger partial charge is 0.191 e. The zero-order valence-corrected chi connectivity index (χ0v) is 19.7. The Morgan fingerprint density at radius 2 is 2.07 bits per heavy atom. The maximum atomic E-state index is 13.4. The van der Waals surface area contributed by atoms with Crippen molar-refractivity contribution in [1.29, 1.82) is 0 Å². The lowest BCUT2D eigenvalue weighted by atomic mass is 10.0. The number of ether oxygens (including phenoxy) is 2. The Balaban J connectivity index is 0.00000364. The molecule has 0 atom stereocenters. The van der Waals surface area contributed by atoms with E-state index in [0.717, 1.165) is 74.8 Å². The van der Waals surface area contributed by atoms with Gasteiger partial charge in [-0.25, -0.2) is 9.38 Å². The summed E-state index contributed by atoms with van der Waals surface area (Å²) in [5.74, 6) is 1.11. The lowest BCUT2D eigenvalue weighted by Gasteiger charge is -2.21. The van der Waals surface area contributed by atoms with Crippen molar-refractivity contribution in [3.05, 3.63) is 34.1 Å². The molecule has 154 valence electrons. The Morgan fingerprint density at radius 1 is 1.30 bits per heavy atom. The van der Waals surface area contributed by atoms with Crippen LogP contribution in [0.3, 0.4) is 0 Å². The number of hydrogen-bond acceptors (Lipinski definition) is 3. The highest BCUT2D eigenvalue weighted by Crippen LogP contribution is 2.16. The molecule has 1 aliphatic heterocycles. The number of aliphatic imine (C=N–C) groups is 1. The number of nitrogens with one attached hydrogen (secondary N) is 2. The molecule has 0 unspecified atom stereocenters. The van der Waals surface area contributed by atoms with E-state index in [1.807, 2.05) is 13.0 Å². The summed E-state index contributed by atoms with van der Waals surface area (Å²) >= 11 is 3.30. The van der Waals surface area contributed by atoms with E-state index in [0.29, 0.717) is 12.5 Å². The number of hydrogen-bond donors (Lipinski definition) is 2. The summed E-state index contributed by atoms with van der Waals surface area (Å²) in [5, 5.41) is 6.50. The number of nitrogens with zero attached hydrogens (tertiary/aromatic N) is 1. The fraction of sp³-hybridized carbons (Fsp3) is 0.632. The molecule has 0 radical (unpaired) electrons. The van der Waals surface area contributed by atoms with E-state index in [9.17, 15) is 4.39 Å². The molecule has 1 aromatic carbocycles. The molecule has 27 heavy (non-hydrogen) atoms. The number of benzene rings is 1. The molecule has 1 saturated heterocycles. The van der Waals surface area contributed by atoms with Crippen LogP contribution in [0, 0.1) is 11.7 Å². The first kappa shape index (κ1) is 24.6. The average molecular weight is 558 g/mol. The van der Waals surface area contributed by atoms with E-state index in [1.165, 1.54) is 12.1 Å². The lowest BCUT2D eigenvalue weighted by Crippen LogP contribution is -2.38. The topological polar surface area (TPSA) is 54.9 Å². The minimum Gasteiger partial charge on any atom is -0.381 e. The zero-order chi connectivity index (χ0) is 18.6. The second kappa shape index (κ2) is 14.5. The van der Waals surface area contributed by atoms with E-state index in [2.05, 4.69) is 31.6 Å². The van der Waals surface area contributed by atoms with Crippen LogP contribution in [0.4, 0.5) is 4.39 Å². The highest BCUT2D eigenvalue weighted by Gasteiger charge is 2.13. The van der Waals surface area contributed by atoms with Crippen molar-refractivity contribution in [1.82, 2.24) is 10.6 Å². The third kappa shape index (κ3) is 10.6.